The van der Waals surface area contributed by atoms with Crippen molar-refractivity contribution in [3.8, 4) is 0 Å². The molecular weight excluding hydrogens is 292 g/mol. The molecule has 0 aliphatic rings. The maximum Gasteiger partial charge on any atom is 0.239 e. The standard InChI is InChI=1S/C17H16N4O2/c18-13-3-1-11-7-12-2-4-14(9-16(12)21-15(11)8-13)20-10-17(23)19-5-6-22/h1-4,6-9,20H,5,10,18H2,(H,19,23). The number of nitrogens with zero attached hydrogens (tertiary/aromatic N) is 1. The summed E-state index contributed by atoms with van der Waals surface area (Å²) in [5.74, 6) is -0.239. The van der Waals surface area contributed by atoms with Crippen LogP contribution < -0.4 is 16.4 Å². The summed E-state index contributed by atoms with van der Waals surface area (Å²) >= 11 is 0. The largest absolute Gasteiger partial charge is 0.399 e. The molecule has 0 radical (unpaired) electrons. The Hall–Kier alpha value is -3.15. The maximum absolute atomic E-state index is 11.5. The molecule has 0 aliphatic carbocycles. The Balaban J connectivity index is 1.84. The second kappa shape index (κ2) is 6.31. The summed E-state index contributed by atoms with van der Waals surface area (Å²) in [6.45, 7) is 0.118. The van der Waals surface area contributed by atoms with E-state index < -0.39 is 0 Å². The van der Waals surface area contributed by atoms with Crippen molar-refractivity contribution in [3.63, 3.8) is 0 Å². The minimum absolute atomic E-state index is 0.0210. The number of carbonyl (C=O) groups is 2. The molecule has 0 atom stereocenters. The molecule has 0 saturated heterocycles. The average Bonchev–Trinajstić information content (AvgIpc) is 2.56. The van der Waals surface area contributed by atoms with Crippen LogP contribution in [0.3, 0.4) is 0 Å². The Labute approximate surface area is 132 Å². The first-order valence-corrected chi connectivity index (χ1v) is 7.20. The zero-order valence-electron chi connectivity index (χ0n) is 12.4. The fraction of sp³-hybridized carbons (Fsp3) is 0.118. The highest BCUT2D eigenvalue weighted by molar-refractivity contribution is 5.95. The van der Waals surface area contributed by atoms with Gasteiger partial charge in [0.2, 0.25) is 5.91 Å². The Bertz CT molecular complexity index is 892. The van der Waals surface area contributed by atoms with E-state index in [-0.39, 0.29) is 19.0 Å². The predicted octanol–water partition coefficient (Wildman–Crippen LogP) is 1.70. The van der Waals surface area contributed by atoms with Crippen LogP contribution in [0.25, 0.3) is 21.8 Å². The highest BCUT2D eigenvalue weighted by atomic mass is 16.2. The van der Waals surface area contributed by atoms with Gasteiger partial charge in [-0.15, -0.1) is 0 Å². The van der Waals surface area contributed by atoms with Crippen LogP contribution in [0, 0.1) is 0 Å². The van der Waals surface area contributed by atoms with Crippen molar-refractivity contribution < 1.29 is 9.59 Å². The number of rotatable bonds is 5. The van der Waals surface area contributed by atoms with Gasteiger partial charge in [0, 0.05) is 22.1 Å². The number of benzene rings is 2. The quantitative estimate of drug-likeness (QED) is 0.379. The summed E-state index contributed by atoms with van der Waals surface area (Å²) in [4.78, 5) is 26.3. The van der Waals surface area contributed by atoms with E-state index in [0.29, 0.717) is 12.0 Å². The first-order valence-electron chi connectivity index (χ1n) is 7.20. The topological polar surface area (TPSA) is 97.1 Å². The Morgan fingerprint density at radius 2 is 1.83 bits per heavy atom. The summed E-state index contributed by atoms with van der Waals surface area (Å²) in [7, 11) is 0. The molecule has 6 nitrogen and oxygen atoms in total. The van der Waals surface area contributed by atoms with Gasteiger partial charge in [0.05, 0.1) is 24.1 Å². The predicted molar refractivity (Wildman–Crippen MR) is 91.2 cm³/mol. The number of amides is 1. The average molecular weight is 308 g/mol. The SMILES string of the molecule is Nc1ccc2cc3ccc(NCC(=O)NCC=O)cc3nc2c1. The summed E-state index contributed by atoms with van der Waals surface area (Å²) in [6, 6.07) is 13.4. The van der Waals surface area contributed by atoms with Crippen LogP contribution in [0.2, 0.25) is 0 Å². The second-order valence-corrected chi connectivity index (χ2v) is 5.17. The van der Waals surface area contributed by atoms with Gasteiger partial charge in [-0.1, -0.05) is 12.1 Å². The fourth-order valence-electron chi connectivity index (χ4n) is 2.35. The molecule has 0 saturated carbocycles. The molecule has 0 aliphatic heterocycles. The molecule has 3 aromatic rings. The van der Waals surface area contributed by atoms with Crippen LogP contribution in [0.4, 0.5) is 11.4 Å². The molecular formula is C17H16N4O2. The number of hydrogen-bond acceptors (Lipinski definition) is 5. The number of nitrogen functional groups attached to an aromatic ring is 1. The number of pyridine rings is 1. The Morgan fingerprint density at radius 1 is 1.09 bits per heavy atom. The lowest BCUT2D eigenvalue weighted by Gasteiger charge is -2.08. The van der Waals surface area contributed by atoms with E-state index in [4.69, 9.17) is 5.73 Å². The van der Waals surface area contributed by atoms with E-state index in [1.165, 1.54) is 0 Å². The minimum Gasteiger partial charge on any atom is -0.399 e. The lowest BCUT2D eigenvalue weighted by molar-refractivity contribution is -0.120. The summed E-state index contributed by atoms with van der Waals surface area (Å²) in [6.07, 6.45) is 0.647. The van der Waals surface area contributed by atoms with Crippen molar-refractivity contribution in [1.29, 1.82) is 0 Å². The highest BCUT2D eigenvalue weighted by Gasteiger charge is 2.04. The molecule has 4 N–H and O–H groups in total. The molecule has 0 spiro atoms. The third-order valence-corrected chi connectivity index (χ3v) is 3.47. The smallest absolute Gasteiger partial charge is 0.239 e. The van der Waals surface area contributed by atoms with Crippen LogP contribution in [0.15, 0.2) is 42.5 Å². The van der Waals surface area contributed by atoms with Gasteiger partial charge < -0.3 is 21.2 Å². The first-order chi connectivity index (χ1) is 11.2. The molecule has 1 amide bonds. The number of anilines is 2. The van der Waals surface area contributed by atoms with E-state index in [0.717, 1.165) is 27.5 Å². The second-order valence-electron chi connectivity index (χ2n) is 5.17. The molecule has 0 fully saturated rings. The number of nitrogens with one attached hydrogen (secondary N) is 2. The van der Waals surface area contributed by atoms with Gasteiger partial charge in [-0.05, 0) is 30.3 Å². The molecule has 0 unspecified atom stereocenters. The molecule has 116 valence electrons. The number of fused-ring (bicyclic) bond motifs is 2. The molecule has 1 heterocycles. The summed E-state index contributed by atoms with van der Waals surface area (Å²) in [5.41, 5.74) is 8.91. The molecule has 6 heteroatoms. The van der Waals surface area contributed by atoms with E-state index in [1.807, 2.05) is 36.4 Å². The number of nitrogens with two attached hydrogens (primary N) is 1. The van der Waals surface area contributed by atoms with Crippen molar-refractivity contribution in [2.75, 3.05) is 24.1 Å². The maximum atomic E-state index is 11.5. The van der Waals surface area contributed by atoms with Gasteiger partial charge in [-0.2, -0.15) is 0 Å². The van der Waals surface area contributed by atoms with Gasteiger partial charge in [0.15, 0.2) is 0 Å². The number of carbonyl (C=O) groups excluding carboxylic acids is 2. The first kappa shape index (κ1) is 14.8. The van der Waals surface area contributed by atoms with E-state index in [1.54, 1.807) is 0 Å². The molecule has 3 rings (SSSR count). The third-order valence-electron chi connectivity index (χ3n) is 3.47. The van der Waals surface area contributed by atoms with E-state index >= 15 is 0 Å². The zero-order valence-corrected chi connectivity index (χ0v) is 12.4. The van der Waals surface area contributed by atoms with Crippen LogP contribution in [0.1, 0.15) is 0 Å². The van der Waals surface area contributed by atoms with Crippen molar-refractivity contribution in [2.24, 2.45) is 0 Å². The highest BCUT2D eigenvalue weighted by Crippen LogP contribution is 2.23. The van der Waals surface area contributed by atoms with Crippen LogP contribution >= 0.6 is 0 Å². The van der Waals surface area contributed by atoms with Gasteiger partial charge in [0.25, 0.3) is 0 Å². The van der Waals surface area contributed by atoms with Gasteiger partial charge in [0.1, 0.15) is 6.29 Å². The number of aromatic nitrogens is 1. The Kier molecular flexibility index (Phi) is 4.05. The Morgan fingerprint density at radius 3 is 2.61 bits per heavy atom. The van der Waals surface area contributed by atoms with E-state index in [2.05, 4.69) is 21.7 Å². The fourth-order valence-corrected chi connectivity index (χ4v) is 2.35. The van der Waals surface area contributed by atoms with Crippen molar-refractivity contribution in [3.05, 3.63) is 42.5 Å². The monoisotopic (exact) mass is 308 g/mol. The molecule has 2 aromatic carbocycles. The minimum atomic E-state index is -0.239. The van der Waals surface area contributed by atoms with Crippen LogP contribution in [0.5, 0.6) is 0 Å². The lowest BCUT2D eigenvalue weighted by Crippen LogP contribution is -2.31. The number of aldehydes is 1. The molecule has 23 heavy (non-hydrogen) atoms. The summed E-state index contributed by atoms with van der Waals surface area (Å²) < 4.78 is 0. The van der Waals surface area contributed by atoms with Crippen molar-refractivity contribution in [1.82, 2.24) is 10.3 Å². The third kappa shape index (κ3) is 3.37. The van der Waals surface area contributed by atoms with Crippen LogP contribution in [-0.2, 0) is 9.59 Å². The van der Waals surface area contributed by atoms with Gasteiger partial charge in [-0.25, -0.2) is 4.98 Å². The van der Waals surface area contributed by atoms with E-state index in [9.17, 15) is 9.59 Å². The number of hydrogen-bond donors (Lipinski definition) is 3. The zero-order chi connectivity index (χ0) is 16.2. The van der Waals surface area contributed by atoms with Crippen LogP contribution in [-0.4, -0.2) is 30.3 Å². The van der Waals surface area contributed by atoms with Gasteiger partial charge >= 0.3 is 0 Å². The normalized spacial score (nSPS) is 10.6. The molecule has 1 aromatic heterocycles. The lowest BCUT2D eigenvalue weighted by atomic mass is 10.1. The van der Waals surface area contributed by atoms with Crippen molar-refractivity contribution in [2.45, 2.75) is 0 Å². The summed E-state index contributed by atoms with van der Waals surface area (Å²) in [5, 5.41) is 7.52. The van der Waals surface area contributed by atoms with Crippen molar-refractivity contribution >= 4 is 45.4 Å². The van der Waals surface area contributed by atoms with Gasteiger partial charge in [-0.3, -0.25) is 4.79 Å². The molecule has 0 bridgehead atoms.